The van der Waals surface area contributed by atoms with Gasteiger partial charge in [-0.1, -0.05) is 36.4 Å². The van der Waals surface area contributed by atoms with Crippen molar-refractivity contribution in [2.24, 2.45) is 0 Å². The second-order valence-electron chi connectivity index (χ2n) is 7.63. The van der Waals surface area contributed by atoms with Gasteiger partial charge in [-0.2, -0.15) is 0 Å². The third-order valence-corrected chi connectivity index (χ3v) is 4.80. The van der Waals surface area contributed by atoms with Crippen LogP contribution in [0.25, 0.3) is 22.3 Å². The van der Waals surface area contributed by atoms with Crippen molar-refractivity contribution in [3.63, 3.8) is 0 Å². The van der Waals surface area contributed by atoms with E-state index < -0.39 is 10.5 Å². The molecule has 0 saturated carbocycles. The predicted molar refractivity (Wildman–Crippen MR) is 116 cm³/mol. The molecule has 0 saturated heterocycles. The summed E-state index contributed by atoms with van der Waals surface area (Å²) in [6.45, 7) is 3.05. The average molecular weight is 406 g/mol. The largest absolute Gasteiger partial charge is 0.496 e. The number of nitro benzene ring substituents is 1. The van der Waals surface area contributed by atoms with Gasteiger partial charge in [-0.3, -0.25) is 10.1 Å². The highest BCUT2D eigenvalue weighted by Crippen LogP contribution is 2.43. The molecule has 6 heteroatoms. The first kappa shape index (κ1) is 21.3. The average Bonchev–Trinajstić information content (AvgIpc) is 2.71. The molecule has 0 amide bonds. The second kappa shape index (κ2) is 8.55. The first-order valence-corrected chi connectivity index (χ1v) is 9.53. The summed E-state index contributed by atoms with van der Waals surface area (Å²) < 4.78 is 10.9. The van der Waals surface area contributed by atoms with Gasteiger partial charge in [0.05, 0.1) is 24.7 Å². The van der Waals surface area contributed by atoms with Crippen molar-refractivity contribution in [3.8, 4) is 33.8 Å². The van der Waals surface area contributed by atoms with Gasteiger partial charge in [0.15, 0.2) is 0 Å². The molecule has 0 bridgehead atoms. The Morgan fingerprint density at radius 2 is 1.40 bits per heavy atom. The number of nitrogens with zero attached hydrogens (tertiary/aromatic N) is 1. The molecule has 0 fully saturated rings. The lowest BCUT2D eigenvalue weighted by atomic mass is 9.89. The number of hydrogen-bond acceptors (Lipinski definition) is 4. The Hall–Kier alpha value is -3.38. The maximum Gasteiger partial charge on any atom is 0.280 e. The maximum atomic E-state index is 12.5. The van der Waals surface area contributed by atoms with E-state index in [0.29, 0.717) is 28.2 Å². The van der Waals surface area contributed by atoms with Crippen molar-refractivity contribution in [1.82, 2.24) is 0 Å². The Balaban J connectivity index is 2.39. The molecule has 0 atom stereocenters. The van der Waals surface area contributed by atoms with Crippen molar-refractivity contribution in [3.05, 3.63) is 76.3 Å². The SMILES string of the molecule is COc1ccccc1-c1cc(CC(C)(C)[O])c([N+](=O)[O-])c(-c2ccccc2OC)c1. The van der Waals surface area contributed by atoms with Crippen LogP contribution in [0.4, 0.5) is 5.69 Å². The zero-order valence-electron chi connectivity index (χ0n) is 17.5. The first-order chi connectivity index (χ1) is 14.2. The third-order valence-electron chi connectivity index (χ3n) is 4.80. The molecule has 3 aromatic rings. The van der Waals surface area contributed by atoms with Gasteiger partial charge in [0.25, 0.3) is 5.69 Å². The molecule has 3 rings (SSSR count). The summed E-state index contributed by atoms with van der Waals surface area (Å²) in [7, 11) is 3.10. The summed E-state index contributed by atoms with van der Waals surface area (Å²) in [4.78, 5) is 11.7. The van der Waals surface area contributed by atoms with Crippen LogP contribution in [-0.4, -0.2) is 24.7 Å². The van der Waals surface area contributed by atoms with Gasteiger partial charge in [0.2, 0.25) is 0 Å². The molecule has 0 spiro atoms. The van der Waals surface area contributed by atoms with E-state index in [1.54, 1.807) is 43.5 Å². The first-order valence-electron chi connectivity index (χ1n) is 9.53. The molecule has 0 unspecified atom stereocenters. The Morgan fingerprint density at radius 1 is 0.867 bits per heavy atom. The van der Waals surface area contributed by atoms with E-state index in [2.05, 4.69) is 0 Å². The molecule has 6 nitrogen and oxygen atoms in total. The summed E-state index contributed by atoms with van der Waals surface area (Å²) in [5, 5.41) is 24.6. The number of ether oxygens (including phenoxy) is 2. The molecule has 0 aliphatic heterocycles. The topological polar surface area (TPSA) is 81.5 Å². The molecule has 30 heavy (non-hydrogen) atoms. The molecule has 3 aromatic carbocycles. The summed E-state index contributed by atoms with van der Waals surface area (Å²) in [5.74, 6) is 1.16. The standard InChI is InChI=1S/C24H24NO5/c1-24(2,26)15-17-13-16(18-9-5-7-11-21(18)29-3)14-20(23(17)25(27)28)19-10-6-8-12-22(19)30-4/h5-14H,15H2,1-4H3. The Bertz CT molecular complexity index is 1070. The van der Waals surface area contributed by atoms with Gasteiger partial charge in [-0.15, -0.1) is 0 Å². The molecular weight excluding hydrogens is 382 g/mol. The number of rotatable bonds is 7. The van der Waals surface area contributed by atoms with Crippen LogP contribution in [0.3, 0.4) is 0 Å². The third kappa shape index (κ3) is 4.44. The van der Waals surface area contributed by atoms with Gasteiger partial charge < -0.3 is 9.47 Å². The van der Waals surface area contributed by atoms with Gasteiger partial charge in [0.1, 0.15) is 17.1 Å². The second-order valence-corrected chi connectivity index (χ2v) is 7.63. The maximum absolute atomic E-state index is 12.5. The van der Waals surface area contributed by atoms with Crippen molar-refractivity contribution >= 4 is 5.69 Å². The van der Waals surface area contributed by atoms with E-state index in [0.717, 1.165) is 11.1 Å². The number of hydrogen-bond donors (Lipinski definition) is 0. The minimum atomic E-state index is -1.37. The summed E-state index contributed by atoms with van der Waals surface area (Å²) in [6, 6.07) is 18.1. The van der Waals surface area contributed by atoms with Crippen LogP contribution in [0, 0.1) is 10.1 Å². The molecule has 0 aromatic heterocycles. The van der Waals surface area contributed by atoms with Crippen molar-refractivity contribution in [2.75, 3.05) is 14.2 Å². The van der Waals surface area contributed by atoms with Crippen LogP contribution in [0.1, 0.15) is 19.4 Å². The van der Waals surface area contributed by atoms with E-state index in [1.165, 1.54) is 21.0 Å². The Kier molecular flexibility index (Phi) is 6.08. The lowest BCUT2D eigenvalue weighted by molar-refractivity contribution is -0.385. The van der Waals surface area contributed by atoms with E-state index in [-0.39, 0.29) is 12.1 Å². The van der Waals surface area contributed by atoms with Gasteiger partial charge in [0, 0.05) is 23.1 Å². The van der Waals surface area contributed by atoms with Crippen molar-refractivity contribution in [1.29, 1.82) is 0 Å². The number of methoxy groups -OCH3 is 2. The van der Waals surface area contributed by atoms with Crippen LogP contribution in [-0.2, 0) is 11.5 Å². The lowest BCUT2D eigenvalue weighted by Gasteiger charge is -2.19. The number of nitro groups is 1. The molecule has 0 aliphatic rings. The fourth-order valence-electron chi connectivity index (χ4n) is 3.61. The quantitative estimate of drug-likeness (QED) is 0.372. The molecule has 0 heterocycles. The molecule has 0 N–H and O–H groups in total. The highest BCUT2D eigenvalue weighted by atomic mass is 16.6. The minimum Gasteiger partial charge on any atom is -0.496 e. The molecule has 1 radical (unpaired) electrons. The zero-order valence-corrected chi connectivity index (χ0v) is 17.5. The van der Waals surface area contributed by atoms with Crippen LogP contribution in [0.5, 0.6) is 11.5 Å². The highest BCUT2D eigenvalue weighted by Gasteiger charge is 2.29. The van der Waals surface area contributed by atoms with Crippen LogP contribution < -0.4 is 9.47 Å². The Morgan fingerprint density at radius 3 is 1.93 bits per heavy atom. The summed E-state index contributed by atoms with van der Waals surface area (Å²) in [6.07, 6.45) is 0.00838. The van der Waals surface area contributed by atoms with Crippen LogP contribution in [0.2, 0.25) is 0 Å². The monoisotopic (exact) mass is 406 g/mol. The minimum absolute atomic E-state index is 0.00838. The smallest absolute Gasteiger partial charge is 0.280 e. The Labute approximate surface area is 175 Å². The van der Waals surface area contributed by atoms with Gasteiger partial charge in [-0.25, -0.2) is 5.11 Å². The molecule has 155 valence electrons. The number of para-hydroxylation sites is 2. The van der Waals surface area contributed by atoms with Crippen LogP contribution in [0.15, 0.2) is 60.7 Å². The predicted octanol–water partition coefficient (Wildman–Crippen LogP) is 5.70. The summed E-state index contributed by atoms with van der Waals surface area (Å²) >= 11 is 0. The van der Waals surface area contributed by atoms with Crippen molar-refractivity contribution in [2.45, 2.75) is 25.9 Å². The van der Waals surface area contributed by atoms with E-state index in [4.69, 9.17) is 9.47 Å². The van der Waals surface area contributed by atoms with E-state index in [9.17, 15) is 15.2 Å². The van der Waals surface area contributed by atoms with Crippen molar-refractivity contribution < 1.29 is 19.5 Å². The molecular formula is C24H24NO5. The fourth-order valence-corrected chi connectivity index (χ4v) is 3.61. The number of benzene rings is 3. The highest BCUT2D eigenvalue weighted by molar-refractivity contribution is 5.86. The lowest BCUT2D eigenvalue weighted by Crippen LogP contribution is -2.21. The van der Waals surface area contributed by atoms with E-state index >= 15 is 0 Å². The van der Waals surface area contributed by atoms with Crippen LogP contribution >= 0.6 is 0 Å². The van der Waals surface area contributed by atoms with Gasteiger partial charge >= 0.3 is 0 Å². The summed E-state index contributed by atoms with van der Waals surface area (Å²) in [5.41, 5.74) is 1.44. The fraction of sp³-hybridized carbons (Fsp3) is 0.250. The zero-order chi connectivity index (χ0) is 21.9. The molecule has 0 aliphatic carbocycles. The normalized spacial score (nSPS) is 11.2. The van der Waals surface area contributed by atoms with Gasteiger partial charge in [-0.05, 0) is 43.7 Å². The van der Waals surface area contributed by atoms with E-state index in [1.807, 2.05) is 24.3 Å².